The lowest BCUT2D eigenvalue weighted by Gasteiger charge is -2.00. The summed E-state index contributed by atoms with van der Waals surface area (Å²) in [6, 6.07) is 5.82. The molecule has 0 aliphatic carbocycles. The molecule has 0 heterocycles. The molecule has 0 aliphatic rings. The summed E-state index contributed by atoms with van der Waals surface area (Å²) >= 11 is 6.00. The molecule has 1 aromatic carbocycles. The fourth-order valence-corrected chi connectivity index (χ4v) is 1.17. The van der Waals surface area contributed by atoms with Crippen molar-refractivity contribution in [2.45, 2.75) is 6.92 Å². The van der Waals surface area contributed by atoms with Crippen LogP contribution >= 0.6 is 11.6 Å². The molecular weight excluding hydrogens is 172 g/mol. The molecule has 1 rings (SSSR count). The minimum atomic E-state index is 0.0459. The molecule has 2 heteroatoms. The Morgan fingerprint density at radius 2 is 2.25 bits per heavy atom. The summed E-state index contributed by atoms with van der Waals surface area (Å²) in [7, 11) is 0. The zero-order valence-corrected chi connectivity index (χ0v) is 7.67. The number of rotatable bonds is 2. The zero-order valence-electron chi connectivity index (χ0n) is 6.92. The van der Waals surface area contributed by atoms with Gasteiger partial charge in [0.25, 0.3) is 0 Å². The standard InChI is InChI=1S/C10H11ClO/c1-8-4-2-5-9(10(8)11)6-3-7-12/h2-6,12H,7H2,1H3. The number of benzene rings is 1. The number of halogens is 1. The highest BCUT2D eigenvalue weighted by molar-refractivity contribution is 6.32. The van der Waals surface area contributed by atoms with Gasteiger partial charge in [-0.25, -0.2) is 0 Å². The average molecular weight is 183 g/mol. The van der Waals surface area contributed by atoms with Crippen LogP contribution in [0.25, 0.3) is 6.08 Å². The molecule has 0 saturated carbocycles. The van der Waals surface area contributed by atoms with Crippen molar-refractivity contribution in [2.75, 3.05) is 6.61 Å². The molecule has 0 aromatic heterocycles. The SMILES string of the molecule is Cc1cccc(C=CCO)c1Cl. The molecule has 64 valence electrons. The molecule has 0 saturated heterocycles. The van der Waals surface area contributed by atoms with Crippen molar-refractivity contribution in [3.8, 4) is 0 Å². The van der Waals surface area contributed by atoms with Gasteiger partial charge in [-0.1, -0.05) is 42.0 Å². The Bertz CT molecular complexity index is 292. The molecule has 0 aliphatic heterocycles. The molecule has 1 N–H and O–H groups in total. The second-order valence-electron chi connectivity index (χ2n) is 2.56. The summed E-state index contributed by atoms with van der Waals surface area (Å²) < 4.78 is 0. The maximum Gasteiger partial charge on any atom is 0.0615 e. The summed E-state index contributed by atoms with van der Waals surface area (Å²) in [5.41, 5.74) is 2.00. The molecule has 0 amide bonds. The summed E-state index contributed by atoms with van der Waals surface area (Å²) in [6.45, 7) is 2.00. The first-order chi connectivity index (χ1) is 5.75. The third-order valence-electron chi connectivity index (χ3n) is 1.62. The lowest BCUT2D eigenvalue weighted by Crippen LogP contribution is -1.80. The molecule has 1 nitrogen and oxygen atoms in total. The number of hydrogen-bond donors (Lipinski definition) is 1. The van der Waals surface area contributed by atoms with Gasteiger partial charge >= 0.3 is 0 Å². The van der Waals surface area contributed by atoms with E-state index in [1.807, 2.05) is 31.2 Å². The van der Waals surface area contributed by atoms with Crippen LogP contribution in [0.5, 0.6) is 0 Å². The van der Waals surface area contributed by atoms with Crippen molar-refractivity contribution in [2.24, 2.45) is 0 Å². The largest absolute Gasteiger partial charge is 0.392 e. The molecule has 0 unspecified atom stereocenters. The average Bonchev–Trinajstić information content (AvgIpc) is 2.08. The topological polar surface area (TPSA) is 20.2 Å². The van der Waals surface area contributed by atoms with Crippen molar-refractivity contribution in [1.29, 1.82) is 0 Å². The Labute approximate surface area is 77.3 Å². The molecule has 0 atom stereocenters. The Kier molecular flexibility index (Phi) is 3.32. The Morgan fingerprint density at radius 3 is 2.92 bits per heavy atom. The Morgan fingerprint density at radius 1 is 1.50 bits per heavy atom. The number of aryl methyl sites for hydroxylation is 1. The fraction of sp³-hybridized carbons (Fsp3) is 0.200. The van der Waals surface area contributed by atoms with Gasteiger partial charge in [0, 0.05) is 0 Å². The van der Waals surface area contributed by atoms with E-state index in [-0.39, 0.29) is 6.61 Å². The molecular formula is C10H11ClO. The van der Waals surface area contributed by atoms with Crippen molar-refractivity contribution < 1.29 is 5.11 Å². The molecule has 0 spiro atoms. The monoisotopic (exact) mass is 182 g/mol. The predicted molar refractivity (Wildman–Crippen MR) is 52.3 cm³/mol. The van der Waals surface area contributed by atoms with E-state index in [0.29, 0.717) is 0 Å². The van der Waals surface area contributed by atoms with Gasteiger partial charge in [0.15, 0.2) is 0 Å². The number of hydrogen-bond acceptors (Lipinski definition) is 1. The van der Waals surface area contributed by atoms with E-state index in [2.05, 4.69) is 0 Å². The van der Waals surface area contributed by atoms with Crippen LogP contribution in [-0.4, -0.2) is 11.7 Å². The van der Waals surface area contributed by atoms with Crippen LogP contribution in [0.1, 0.15) is 11.1 Å². The van der Waals surface area contributed by atoms with Crippen LogP contribution in [-0.2, 0) is 0 Å². The van der Waals surface area contributed by atoms with Gasteiger partial charge in [-0.15, -0.1) is 0 Å². The van der Waals surface area contributed by atoms with Crippen molar-refractivity contribution >= 4 is 17.7 Å². The predicted octanol–water partition coefficient (Wildman–Crippen LogP) is 2.65. The highest BCUT2D eigenvalue weighted by atomic mass is 35.5. The van der Waals surface area contributed by atoms with E-state index in [0.717, 1.165) is 16.1 Å². The Hall–Kier alpha value is -0.790. The van der Waals surface area contributed by atoms with E-state index < -0.39 is 0 Å². The third-order valence-corrected chi connectivity index (χ3v) is 2.14. The second kappa shape index (κ2) is 4.29. The molecule has 0 fully saturated rings. The van der Waals surface area contributed by atoms with Crippen molar-refractivity contribution in [3.63, 3.8) is 0 Å². The van der Waals surface area contributed by atoms with Gasteiger partial charge in [-0.3, -0.25) is 0 Å². The van der Waals surface area contributed by atoms with Gasteiger partial charge in [-0.05, 0) is 18.1 Å². The van der Waals surface area contributed by atoms with Crippen LogP contribution in [0.2, 0.25) is 5.02 Å². The van der Waals surface area contributed by atoms with Gasteiger partial charge in [-0.2, -0.15) is 0 Å². The van der Waals surface area contributed by atoms with E-state index in [1.165, 1.54) is 0 Å². The maximum absolute atomic E-state index is 8.56. The van der Waals surface area contributed by atoms with Crippen LogP contribution in [0, 0.1) is 6.92 Å². The quantitative estimate of drug-likeness (QED) is 0.746. The fourth-order valence-electron chi connectivity index (χ4n) is 0.979. The zero-order chi connectivity index (χ0) is 8.97. The first-order valence-corrected chi connectivity index (χ1v) is 4.16. The minimum absolute atomic E-state index is 0.0459. The van der Waals surface area contributed by atoms with Crippen molar-refractivity contribution in [1.82, 2.24) is 0 Å². The smallest absolute Gasteiger partial charge is 0.0615 e. The van der Waals surface area contributed by atoms with Crippen molar-refractivity contribution in [3.05, 3.63) is 40.4 Å². The molecule has 12 heavy (non-hydrogen) atoms. The summed E-state index contributed by atoms with van der Waals surface area (Å²) in [5, 5.41) is 9.31. The first-order valence-electron chi connectivity index (χ1n) is 3.78. The van der Waals surface area contributed by atoms with Gasteiger partial charge in [0.05, 0.1) is 11.6 Å². The third kappa shape index (κ3) is 2.10. The van der Waals surface area contributed by atoms with E-state index in [9.17, 15) is 0 Å². The summed E-state index contributed by atoms with van der Waals surface area (Å²) in [6.07, 6.45) is 3.48. The van der Waals surface area contributed by atoms with Crippen LogP contribution in [0.15, 0.2) is 24.3 Å². The highest BCUT2D eigenvalue weighted by Gasteiger charge is 1.97. The second-order valence-corrected chi connectivity index (χ2v) is 2.94. The molecule has 1 aromatic rings. The van der Waals surface area contributed by atoms with E-state index >= 15 is 0 Å². The molecule has 0 radical (unpaired) electrons. The number of aliphatic hydroxyl groups is 1. The van der Waals surface area contributed by atoms with Crippen LogP contribution in [0.3, 0.4) is 0 Å². The summed E-state index contributed by atoms with van der Waals surface area (Å²) in [4.78, 5) is 0. The highest BCUT2D eigenvalue weighted by Crippen LogP contribution is 2.21. The van der Waals surface area contributed by atoms with E-state index in [4.69, 9.17) is 16.7 Å². The van der Waals surface area contributed by atoms with Gasteiger partial charge in [0.1, 0.15) is 0 Å². The minimum Gasteiger partial charge on any atom is -0.392 e. The Balaban J connectivity index is 3.00. The number of aliphatic hydroxyl groups excluding tert-OH is 1. The van der Waals surface area contributed by atoms with Gasteiger partial charge < -0.3 is 5.11 Å². The molecule has 0 bridgehead atoms. The lowest BCUT2D eigenvalue weighted by molar-refractivity contribution is 0.343. The van der Waals surface area contributed by atoms with Crippen LogP contribution < -0.4 is 0 Å². The maximum atomic E-state index is 8.56. The van der Waals surface area contributed by atoms with E-state index in [1.54, 1.807) is 6.08 Å². The van der Waals surface area contributed by atoms with Crippen LogP contribution in [0.4, 0.5) is 0 Å². The van der Waals surface area contributed by atoms with Gasteiger partial charge in [0.2, 0.25) is 0 Å². The lowest BCUT2D eigenvalue weighted by atomic mass is 10.1. The normalized spacial score (nSPS) is 10.9. The first kappa shape index (κ1) is 9.30. The summed E-state index contributed by atoms with van der Waals surface area (Å²) in [5.74, 6) is 0.